The first-order chi connectivity index (χ1) is 20.2. The molecule has 4 aromatic carbocycles. The number of nitrogens with one attached hydrogen (secondary N) is 1. The first kappa shape index (κ1) is 31.2. The van der Waals surface area contributed by atoms with E-state index in [-0.39, 0.29) is 23.8 Å². The van der Waals surface area contributed by atoms with Gasteiger partial charge in [-0.05, 0) is 46.5 Å². The number of nitrogens with zero attached hydrogens (tertiary/aromatic N) is 2. The molecule has 1 atom stereocenters. The van der Waals surface area contributed by atoms with Gasteiger partial charge in [0.1, 0.15) is 6.04 Å². The molecule has 0 saturated heterocycles. The Morgan fingerprint density at radius 2 is 1.55 bits per heavy atom. The SMILES string of the molecule is CCCCNC(=O)C(Cc1ccccc1)N(Cc1ccccc1Cl)C(=O)CN(C)S(=O)(=O)c1ccc2ccccc2c1. The van der Waals surface area contributed by atoms with Gasteiger partial charge in [-0.2, -0.15) is 4.31 Å². The average molecular weight is 606 g/mol. The quantitative estimate of drug-likeness (QED) is 0.199. The van der Waals surface area contributed by atoms with E-state index in [1.807, 2.05) is 67.6 Å². The smallest absolute Gasteiger partial charge is 0.243 e. The van der Waals surface area contributed by atoms with E-state index in [1.165, 1.54) is 11.9 Å². The van der Waals surface area contributed by atoms with Gasteiger partial charge < -0.3 is 10.2 Å². The van der Waals surface area contributed by atoms with Crippen LogP contribution in [0.15, 0.2) is 102 Å². The number of sulfonamides is 1. The molecule has 2 amide bonds. The normalized spacial score (nSPS) is 12.3. The van der Waals surface area contributed by atoms with Crippen molar-refractivity contribution in [1.82, 2.24) is 14.5 Å². The maximum atomic E-state index is 14.0. The van der Waals surface area contributed by atoms with Crippen LogP contribution in [-0.4, -0.2) is 55.6 Å². The van der Waals surface area contributed by atoms with Crippen LogP contribution in [0.2, 0.25) is 5.02 Å². The number of rotatable bonds is 13. The van der Waals surface area contributed by atoms with Crippen LogP contribution < -0.4 is 5.32 Å². The lowest BCUT2D eigenvalue weighted by Crippen LogP contribution is -2.53. The van der Waals surface area contributed by atoms with E-state index >= 15 is 0 Å². The van der Waals surface area contributed by atoms with E-state index in [0.29, 0.717) is 17.1 Å². The molecule has 9 heteroatoms. The Hall–Kier alpha value is -3.72. The number of carbonyl (C=O) groups is 2. The zero-order valence-electron chi connectivity index (χ0n) is 23.9. The summed E-state index contributed by atoms with van der Waals surface area (Å²) in [5.41, 5.74) is 1.54. The molecule has 42 heavy (non-hydrogen) atoms. The van der Waals surface area contributed by atoms with Crippen LogP contribution in [0, 0.1) is 0 Å². The van der Waals surface area contributed by atoms with Gasteiger partial charge in [-0.15, -0.1) is 0 Å². The maximum absolute atomic E-state index is 14.0. The minimum atomic E-state index is -4.00. The Labute approximate surface area is 253 Å². The Bertz CT molecular complexity index is 1630. The molecule has 0 fully saturated rings. The molecule has 0 aliphatic carbocycles. The van der Waals surface area contributed by atoms with Crippen molar-refractivity contribution in [3.63, 3.8) is 0 Å². The topological polar surface area (TPSA) is 86.8 Å². The van der Waals surface area contributed by atoms with E-state index in [4.69, 9.17) is 11.6 Å². The zero-order valence-corrected chi connectivity index (χ0v) is 25.4. The van der Waals surface area contributed by atoms with Crippen molar-refractivity contribution in [2.45, 2.75) is 43.7 Å². The fourth-order valence-corrected chi connectivity index (χ4v) is 6.10. The van der Waals surface area contributed by atoms with Gasteiger partial charge in [-0.25, -0.2) is 8.42 Å². The lowest BCUT2D eigenvalue weighted by atomic mass is 10.0. The van der Waals surface area contributed by atoms with Gasteiger partial charge in [0.05, 0.1) is 11.4 Å². The molecular weight excluding hydrogens is 570 g/mol. The molecule has 0 aliphatic rings. The van der Waals surface area contributed by atoms with Crippen molar-refractivity contribution in [3.8, 4) is 0 Å². The van der Waals surface area contributed by atoms with Crippen molar-refractivity contribution < 1.29 is 18.0 Å². The fourth-order valence-electron chi connectivity index (χ4n) is 4.74. The second-order valence-corrected chi connectivity index (χ2v) is 12.7. The molecule has 0 bridgehead atoms. The third-order valence-electron chi connectivity index (χ3n) is 7.19. The highest BCUT2D eigenvalue weighted by molar-refractivity contribution is 7.89. The summed E-state index contributed by atoms with van der Waals surface area (Å²) >= 11 is 6.48. The molecule has 0 aromatic heterocycles. The number of benzene rings is 4. The van der Waals surface area contributed by atoms with Crippen LogP contribution >= 0.6 is 11.6 Å². The van der Waals surface area contributed by atoms with Gasteiger partial charge in [0.25, 0.3) is 0 Å². The highest BCUT2D eigenvalue weighted by Crippen LogP contribution is 2.23. The number of halogens is 1. The van der Waals surface area contributed by atoms with Gasteiger partial charge in [0.2, 0.25) is 21.8 Å². The predicted molar refractivity (Wildman–Crippen MR) is 168 cm³/mol. The molecule has 1 unspecified atom stereocenters. The van der Waals surface area contributed by atoms with Crippen LogP contribution in [0.4, 0.5) is 0 Å². The molecule has 7 nitrogen and oxygen atoms in total. The van der Waals surface area contributed by atoms with E-state index in [1.54, 1.807) is 36.4 Å². The number of carbonyl (C=O) groups excluding carboxylic acids is 2. The number of unbranched alkanes of at least 4 members (excludes halogenated alkanes) is 1. The van der Waals surface area contributed by atoms with Crippen LogP contribution in [0.3, 0.4) is 0 Å². The summed E-state index contributed by atoms with van der Waals surface area (Å²) in [6, 6.07) is 28.1. The van der Waals surface area contributed by atoms with E-state index in [9.17, 15) is 18.0 Å². The first-order valence-corrected chi connectivity index (χ1v) is 15.8. The van der Waals surface area contributed by atoms with Crippen LogP contribution in [0.5, 0.6) is 0 Å². The summed E-state index contributed by atoms with van der Waals surface area (Å²) in [5.74, 6) is -0.805. The molecule has 4 aromatic rings. The minimum Gasteiger partial charge on any atom is -0.354 e. The summed E-state index contributed by atoms with van der Waals surface area (Å²) in [6.07, 6.45) is 1.97. The van der Waals surface area contributed by atoms with E-state index in [2.05, 4.69) is 5.32 Å². The van der Waals surface area contributed by atoms with Crippen LogP contribution in [-0.2, 0) is 32.6 Å². The van der Waals surface area contributed by atoms with Crippen LogP contribution in [0.25, 0.3) is 10.8 Å². The third-order valence-corrected chi connectivity index (χ3v) is 9.35. The lowest BCUT2D eigenvalue weighted by Gasteiger charge is -2.33. The van der Waals surface area contributed by atoms with Crippen molar-refractivity contribution >= 4 is 44.2 Å². The predicted octanol–water partition coefficient (Wildman–Crippen LogP) is 5.67. The van der Waals surface area contributed by atoms with Gasteiger partial charge in [-0.1, -0.05) is 104 Å². The summed E-state index contributed by atoms with van der Waals surface area (Å²) in [6.45, 7) is 2.10. The third kappa shape index (κ3) is 7.76. The van der Waals surface area contributed by atoms with E-state index in [0.717, 1.165) is 33.5 Å². The molecule has 220 valence electrons. The molecule has 0 radical (unpaired) electrons. The Balaban J connectivity index is 1.66. The Morgan fingerprint density at radius 3 is 2.26 bits per heavy atom. The largest absolute Gasteiger partial charge is 0.354 e. The number of amides is 2. The molecule has 4 rings (SSSR count). The van der Waals surface area contributed by atoms with Gasteiger partial charge in [0, 0.05) is 31.6 Å². The molecule has 0 heterocycles. The van der Waals surface area contributed by atoms with Gasteiger partial charge in [0.15, 0.2) is 0 Å². The van der Waals surface area contributed by atoms with E-state index < -0.39 is 28.5 Å². The second-order valence-electron chi connectivity index (χ2n) is 10.2. The summed E-state index contributed by atoms with van der Waals surface area (Å²) in [7, 11) is -2.62. The number of hydrogen-bond donors (Lipinski definition) is 1. The average Bonchev–Trinajstić information content (AvgIpc) is 3.00. The van der Waals surface area contributed by atoms with Crippen molar-refractivity contribution in [1.29, 1.82) is 0 Å². The highest BCUT2D eigenvalue weighted by atomic mass is 35.5. The van der Waals surface area contributed by atoms with Gasteiger partial charge in [-0.3, -0.25) is 9.59 Å². The Morgan fingerprint density at radius 1 is 0.881 bits per heavy atom. The molecule has 0 spiro atoms. The van der Waals surface area contributed by atoms with Crippen molar-refractivity contribution in [2.75, 3.05) is 20.1 Å². The Kier molecular flexibility index (Phi) is 10.7. The highest BCUT2D eigenvalue weighted by Gasteiger charge is 2.33. The maximum Gasteiger partial charge on any atom is 0.243 e. The number of hydrogen-bond acceptors (Lipinski definition) is 4. The fraction of sp³-hybridized carbons (Fsp3) is 0.273. The second kappa shape index (κ2) is 14.4. The molecule has 0 saturated carbocycles. The van der Waals surface area contributed by atoms with Crippen LogP contribution in [0.1, 0.15) is 30.9 Å². The number of fused-ring (bicyclic) bond motifs is 1. The minimum absolute atomic E-state index is 0.0427. The molecular formula is C33H36ClN3O4S. The first-order valence-electron chi connectivity index (χ1n) is 14.0. The summed E-state index contributed by atoms with van der Waals surface area (Å²) < 4.78 is 28.2. The number of likely N-dealkylation sites (N-methyl/N-ethyl adjacent to an activating group) is 1. The summed E-state index contributed by atoms with van der Waals surface area (Å²) in [5, 5.41) is 5.12. The monoisotopic (exact) mass is 605 g/mol. The molecule has 1 N–H and O–H groups in total. The van der Waals surface area contributed by atoms with Gasteiger partial charge >= 0.3 is 0 Å². The summed E-state index contributed by atoms with van der Waals surface area (Å²) in [4.78, 5) is 29.2. The lowest BCUT2D eigenvalue weighted by molar-refractivity contribution is -0.141. The van der Waals surface area contributed by atoms with Crippen molar-refractivity contribution in [2.24, 2.45) is 0 Å². The standard InChI is InChI=1S/C33H36ClN3O4S/c1-3-4-20-35-33(39)31(21-25-12-6-5-7-13-25)37(23-28-16-10-11-17-30(28)34)32(38)24-36(2)42(40,41)29-19-18-26-14-8-9-15-27(26)22-29/h5-19,22,31H,3-4,20-21,23-24H2,1-2H3,(H,35,39). The zero-order chi connectivity index (χ0) is 30.1. The molecule has 0 aliphatic heterocycles. The van der Waals surface area contributed by atoms with Crippen molar-refractivity contribution in [3.05, 3.63) is 113 Å².